The summed E-state index contributed by atoms with van der Waals surface area (Å²) in [5.41, 5.74) is 2.75. The number of nitrogens with one attached hydrogen (secondary N) is 1. The first-order valence-electron chi connectivity index (χ1n) is 12.0. The molecule has 2 aromatic carbocycles. The molecule has 8 heteroatoms. The Morgan fingerprint density at radius 3 is 2.38 bits per heavy atom. The van der Waals surface area contributed by atoms with Crippen LogP contribution in [0.1, 0.15) is 61.3 Å². The number of rotatable bonds is 6. The molecule has 1 aliphatic heterocycles. The lowest BCUT2D eigenvalue weighted by Crippen LogP contribution is -2.32. The molecule has 2 fully saturated rings. The number of fused-ring (bicyclic) bond motifs is 2. The zero-order valence-corrected chi connectivity index (χ0v) is 20.1. The fraction of sp³-hybridized carbons (Fsp3) is 0.462. The third kappa shape index (κ3) is 4.14. The van der Waals surface area contributed by atoms with Gasteiger partial charge in [-0.3, -0.25) is 14.5 Å². The molecule has 1 N–H and O–H groups in total. The maximum atomic E-state index is 13.5. The van der Waals surface area contributed by atoms with E-state index in [1.54, 1.807) is 12.1 Å². The zero-order valence-electron chi connectivity index (χ0n) is 19.3. The number of nitrogens with zero attached hydrogens (tertiary/aromatic N) is 1. The van der Waals surface area contributed by atoms with E-state index in [1.807, 2.05) is 24.3 Å². The highest BCUT2D eigenvalue weighted by Gasteiger charge is 2.48. The molecule has 1 saturated carbocycles. The number of ether oxygens (including phenoxy) is 1. The lowest BCUT2D eigenvalue weighted by Gasteiger charge is -2.26. The molecule has 7 nitrogen and oxygen atoms in total. The second-order valence-corrected chi connectivity index (χ2v) is 11.2. The Balaban J connectivity index is 1.41. The summed E-state index contributed by atoms with van der Waals surface area (Å²) in [6, 6.07) is 12.4. The molecule has 0 spiro atoms. The van der Waals surface area contributed by atoms with Crippen LogP contribution in [0.3, 0.4) is 0 Å². The molecule has 5 rings (SSSR count). The second-order valence-electron chi connectivity index (χ2n) is 9.51. The van der Waals surface area contributed by atoms with E-state index < -0.39 is 10.0 Å². The van der Waals surface area contributed by atoms with Crippen molar-refractivity contribution >= 4 is 21.8 Å². The lowest BCUT2D eigenvalue weighted by atomic mass is 9.81. The summed E-state index contributed by atoms with van der Waals surface area (Å²) in [4.78, 5) is 27.1. The fourth-order valence-electron chi connectivity index (χ4n) is 5.73. The van der Waals surface area contributed by atoms with E-state index in [0.717, 1.165) is 56.1 Å². The molecule has 2 aliphatic carbocycles. The molecule has 3 atom stereocenters. The van der Waals surface area contributed by atoms with Gasteiger partial charge in [-0.25, -0.2) is 13.1 Å². The van der Waals surface area contributed by atoms with Crippen molar-refractivity contribution in [3.05, 3.63) is 59.2 Å². The van der Waals surface area contributed by atoms with Gasteiger partial charge in [0.25, 0.3) is 0 Å². The van der Waals surface area contributed by atoms with Gasteiger partial charge in [0.1, 0.15) is 10.6 Å². The minimum absolute atomic E-state index is 0.0204. The predicted molar refractivity (Wildman–Crippen MR) is 126 cm³/mol. The van der Waals surface area contributed by atoms with Crippen LogP contribution in [0.2, 0.25) is 0 Å². The number of hydrogen-bond donors (Lipinski definition) is 1. The monoisotopic (exact) mass is 482 g/mol. The number of methoxy groups -OCH3 is 1. The number of carbonyl (C=O) groups is 2. The SMILES string of the molecule is COc1ccc(CN2C(=O)[C@H]3CCCC[C@H]3C2=O)cc1S(=O)(=O)N[C@@H]1CCCc2ccccc21. The molecule has 3 aliphatic rings. The number of aryl methyl sites for hydroxylation is 1. The number of benzene rings is 2. The summed E-state index contributed by atoms with van der Waals surface area (Å²) in [5, 5.41) is 0. The molecular formula is C26H30N2O5S. The third-order valence-corrected chi connectivity index (χ3v) is 8.95. The highest BCUT2D eigenvalue weighted by atomic mass is 32.2. The molecule has 1 heterocycles. The van der Waals surface area contributed by atoms with E-state index >= 15 is 0 Å². The minimum Gasteiger partial charge on any atom is -0.495 e. The van der Waals surface area contributed by atoms with Crippen LogP contribution in [0.4, 0.5) is 0 Å². The fourth-order valence-corrected chi connectivity index (χ4v) is 7.20. The molecule has 34 heavy (non-hydrogen) atoms. The molecule has 0 bridgehead atoms. The van der Waals surface area contributed by atoms with Gasteiger partial charge in [0, 0.05) is 6.04 Å². The number of imide groups is 1. The van der Waals surface area contributed by atoms with Crippen LogP contribution in [0.25, 0.3) is 0 Å². The number of likely N-dealkylation sites (tertiary alicyclic amines) is 1. The highest BCUT2D eigenvalue weighted by molar-refractivity contribution is 7.89. The van der Waals surface area contributed by atoms with Crippen molar-refractivity contribution in [1.82, 2.24) is 9.62 Å². The number of hydrogen-bond acceptors (Lipinski definition) is 5. The smallest absolute Gasteiger partial charge is 0.244 e. The van der Waals surface area contributed by atoms with E-state index in [0.29, 0.717) is 5.56 Å². The van der Waals surface area contributed by atoms with Crippen molar-refractivity contribution in [2.75, 3.05) is 7.11 Å². The van der Waals surface area contributed by atoms with Gasteiger partial charge in [0.2, 0.25) is 21.8 Å². The van der Waals surface area contributed by atoms with Crippen LogP contribution in [-0.4, -0.2) is 32.2 Å². The summed E-state index contributed by atoms with van der Waals surface area (Å²) < 4.78 is 35.2. The molecule has 0 unspecified atom stereocenters. The number of sulfonamides is 1. The number of amides is 2. The van der Waals surface area contributed by atoms with Gasteiger partial charge in [0.05, 0.1) is 25.5 Å². The van der Waals surface area contributed by atoms with E-state index in [1.165, 1.54) is 18.1 Å². The van der Waals surface area contributed by atoms with Crippen molar-refractivity contribution in [3.63, 3.8) is 0 Å². The Labute approximate surface area is 200 Å². The van der Waals surface area contributed by atoms with Crippen molar-refractivity contribution in [2.45, 2.75) is 62.4 Å². The zero-order chi connectivity index (χ0) is 23.9. The van der Waals surface area contributed by atoms with Gasteiger partial charge in [-0.15, -0.1) is 0 Å². The van der Waals surface area contributed by atoms with Gasteiger partial charge in [-0.2, -0.15) is 0 Å². The van der Waals surface area contributed by atoms with Gasteiger partial charge in [-0.1, -0.05) is 43.2 Å². The molecule has 2 amide bonds. The summed E-state index contributed by atoms with van der Waals surface area (Å²) in [5.74, 6) is -0.488. The molecular weight excluding hydrogens is 452 g/mol. The summed E-state index contributed by atoms with van der Waals surface area (Å²) in [6.45, 7) is 0.0729. The van der Waals surface area contributed by atoms with Gasteiger partial charge < -0.3 is 4.74 Å². The quantitative estimate of drug-likeness (QED) is 0.634. The first kappa shape index (κ1) is 23.1. The van der Waals surface area contributed by atoms with Crippen LogP contribution in [0.15, 0.2) is 47.4 Å². The summed E-state index contributed by atoms with van der Waals surface area (Å²) >= 11 is 0. The highest BCUT2D eigenvalue weighted by Crippen LogP contribution is 2.39. The average Bonchev–Trinajstić information content (AvgIpc) is 3.09. The van der Waals surface area contributed by atoms with Crippen LogP contribution in [0.5, 0.6) is 5.75 Å². The summed E-state index contributed by atoms with van der Waals surface area (Å²) in [6.07, 6.45) is 6.00. The van der Waals surface area contributed by atoms with Gasteiger partial charge >= 0.3 is 0 Å². The predicted octanol–water partition coefficient (Wildman–Crippen LogP) is 3.73. The van der Waals surface area contributed by atoms with Crippen LogP contribution in [0, 0.1) is 11.8 Å². The van der Waals surface area contributed by atoms with Gasteiger partial charge in [0.15, 0.2) is 0 Å². The Hall–Kier alpha value is -2.71. The van der Waals surface area contributed by atoms with Crippen molar-refractivity contribution in [1.29, 1.82) is 0 Å². The van der Waals surface area contributed by atoms with Crippen LogP contribution >= 0.6 is 0 Å². The molecule has 0 aromatic heterocycles. The average molecular weight is 483 g/mol. The Morgan fingerprint density at radius 1 is 0.971 bits per heavy atom. The largest absolute Gasteiger partial charge is 0.495 e. The molecule has 2 aromatic rings. The third-order valence-electron chi connectivity index (χ3n) is 7.46. The van der Waals surface area contributed by atoms with Crippen molar-refractivity contribution in [2.24, 2.45) is 11.8 Å². The Kier molecular flexibility index (Phi) is 6.20. The van der Waals surface area contributed by atoms with E-state index in [9.17, 15) is 18.0 Å². The van der Waals surface area contributed by atoms with Crippen LogP contribution in [-0.2, 0) is 32.6 Å². The minimum atomic E-state index is -3.91. The van der Waals surface area contributed by atoms with Crippen molar-refractivity contribution in [3.8, 4) is 5.75 Å². The first-order chi connectivity index (χ1) is 16.4. The Bertz CT molecular complexity index is 1200. The van der Waals surface area contributed by atoms with E-state index in [-0.39, 0.29) is 46.9 Å². The standard InChI is InChI=1S/C26H30N2O5S/c1-33-23-14-13-17(16-28-25(29)20-10-4-5-11-21(20)26(28)30)15-24(23)34(31,32)27-22-12-6-8-18-7-2-3-9-19(18)22/h2-3,7,9,13-15,20-22,27H,4-6,8,10-12,16H2,1H3/t20-,21+,22-/m1/s1. The Morgan fingerprint density at radius 2 is 1.68 bits per heavy atom. The van der Waals surface area contributed by atoms with E-state index in [2.05, 4.69) is 4.72 Å². The topological polar surface area (TPSA) is 92.8 Å². The molecule has 1 saturated heterocycles. The maximum Gasteiger partial charge on any atom is 0.244 e. The normalized spacial score (nSPS) is 24.6. The van der Waals surface area contributed by atoms with Gasteiger partial charge in [-0.05, 0) is 60.9 Å². The van der Waals surface area contributed by atoms with Crippen LogP contribution < -0.4 is 9.46 Å². The summed E-state index contributed by atoms with van der Waals surface area (Å²) in [7, 11) is -2.48. The number of carbonyl (C=O) groups excluding carboxylic acids is 2. The second kappa shape index (κ2) is 9.15. The lowest BCUT2D eigenvalue weighted by molar-refractivity contribution is -0.140. The van der Waals surface area contributed by atoms with Crippen molar-refractivity contribution < 1.29 is 22.7 Å². The maximum absolute atomic E-state index is 13.5. The first-order valence-corrected chi connectivity index (χ1v) is 13.5. The molecule has 180 valence electrons. The van der Waals surface area contributed by atoms with E-state index in [4.69, 9.17) is 4.74 Å². The molecule has 0 radical (unpaired) electrons.